The van der Waals surface area contributed by atoms with Gasteiger partial charge in [0.25, 0.3) is 5.56 Å². The van der Waals surface area contributed by atoms with Gasteiger partial charge in [0, 0.05) is 15.9 Å². The van der Waals surface area contributed by atoms with Crippen molar-refractivity contribution in [2.75, 3.05) is 6.61 Å². The third-order valence-corrected chi connectivity index (χ3v) is 3.49. The zero-order valence-corrected chi connectivity index (χ0v) is 12.3. The summed E-state index contributed by atoms with van der Waals surface area (Å²) in [7, 11) is 0. The number of aryl methyl sites for hydroxylation is 1. The largest absolute Gasteiger partial charge is 0.484 e. The summed E-state index contributed by atoms with van der Waals surface area (Å²) >= 11 is 0. The number of hydrogen-bond acceptors (Lipinski definition) is 2. The van der Waals surface area contributed by atoms with Gasteiger partial charge >= 0.3 is 6.18 Å². The van der Waals surface area contributed by atoms with Crippen LogP contribution in [-0.4, -0.2) is 17.8 Å². The molecule has 0 amide bonds. The molecule has 24 heavy (non-hydrogen) atoms. The predicted molar refractivity (Wildman–Crippen MR) is 86.3 cm³/mol. The first-order valence-corrected chi connectivity index (χ1v) is 7.01. The molecule has 3 rings (SSSR count). The number of fused-ring (bicyclic) bond motifs is 1. The molecule has 0 saturated heterocycles. The summed E-state index contributed by atoms with van der Waals surface area (Å²) in [6.07, 6.45) is -3.10. The van der Waals surface area contributed by atoms with Crippen LogP contribution in [0.3, 0.4) is 0 Å². The van der Waals surface area contributed by atoms with Crippen LogP contribution in [0.25, 0.3) is 21.9 Å². The Hall–Kier alpha value is -2.76. The van der Waals surface area contributed by atoms with Crippen molar-refractivity contribution in [1.82, 2.24) is 4.98 Å². The molecule has 0 fully saturated rings. The standard InChI is InChI=1S/C18H14F3NO2/c1-11-4-2-3-5-13(11)16-9-22-17(23)15-8-12(6-7-14(15)16)24-10-18(19,20)21/h2-9H,10H2,1H3,(H,22,23)/i1D3. The molecule has 3 aromatic rings. The lowest BCUT2D eigenvalue weighted by molar-refractivity contribution is -0.153. The third-order valence-electron chi connectivity index (χ3n) is 3.49. The average molecular weight is 336 g/mol. The Bertz CT molecular complexity index is 1040. The van der Waals surface area contributed by atoms with Gasteiger partial charge in [-0.1, -0.05) is 24.3 Å². The molecule has 0 atom stereocenters. The van der Waals surface area contributed by atoms with Crippen LogP contribution in [0, 0.1) is 6.85 Å². The van der Waals surface area contributed by atoms with E-state index in [0.717, 1.165) is 0 Å². The fourth-order valence-corrected chi connectivity index (χ4v) is 2.44. The lowest BCUT2D eigenvalue weighted by atomic mass is 9.97. The molecule has 124 valence electrons. The topological polar surface area (TPSA) is 42.1 Å². The minimum Gasteiger partial charge on any atom is -0.484 e. The minimum absolute atomic E-state index is 0.104. The van der Waals surface area contributed by atoms with E-state index in [1.54, 1.807) is 18.2 Å². The summed E-state index contributed by atoms with van der Waals surface area (Å²) in [6.45, 7) is -3.84. The molecular formula is C18H14F3NO2. The quantitative estimate of drug-likeness (QED) is 0.768. The van der Waals surface area contributed by atoms with Crippen LogP contribution >= 0.6 is 0 Å². The van der Waals surface area contributed by atoms with E-state index in [-0.39, 0.29) is 16.7 Å². The van der Waals surface area contributed by atoms with Crippen LogP contribution in [0.2, 0.25) is 0 Å². The summed E-state index contributed by atoms with van der Waals surface area (Å²) in [6, 6.07) is 10.3. The average Bonchev–Trinajstić information content (AvgIpc) is 2.59. The van der Waals surface area contributed by atoms with Gasteiger partial charge in [-0.2, -0.15) is 13.2 Å². The van der Waals surface area contributed by atoms with Crippen molar-refractivity contribution < 1.29 is 22.0 Å². The first-order chi connectivity index (χ1) is 12.6. The second-order valence-corrected chi connectivity index (χ2v) is 5.19. The molecule has 0 radical (unpaired) electrons. The molecule has 1 heterocycles. The zero-order chi connectivity index (χ0) is 19.8. The maximum Gasteiger partial charge on any atom is 0.422 e. The van der Waals surface area contributed by atoms with Crippen molar-refractivity contribution in [2.45, 2.75) is 13.0 Å². The Labute approximate surface area is 139 Å². The highest BCUT2D eigenvalue weighted by atomic mass is 19.4. The van der Waals surface area contributed by atoms with Crippen LogP contribution in [-0.2, 0) is 0 Å². The number of pyridine rings is 1. The van der Waals surface area contributed by atoms with Gasteiger partial charge in [-0.3, -0.25) is 4.79 Å². The first kappa shape index (κ1) is 12.6. The molecule has 1 N–H and O–H groups in total. The van der Waals surface area contributed by atoms with Crippen molar-refractivity contribution >= 4 is 10.8 Å². The maximum absolute atomic E-state index is 12.3. The lowest BCUT2D eigenvalue weighted by Crippen LogP contribution is -2.19. The number of nitrogens with one attached hydrogen (secondary N) is 1. The number of halogens is 3. The number of rotatable bonds is 3. The highest BCUT2D eigenvalue weighted by Gasteiger charge is 2.28. The van der Waals surface area contributed by atoms with Crippen molar-refractivity contribution in [3.05, 3.63) is 64.6 Å². The van der Waals surface area contributed by atoms with Crippen molar-refractivity contribution in [2.24, 2.45) is 0 Å². The van der Waals surface area contributed by atoms with E-state index in [4.69, 9.17) is 4.11 Å². The number of ether oxygens (including phenoxy) is 1. The number of aromatic amines is 1. The van der Waals surface area contributed by atoms with E-state index < -0.39 is 25.2 Å². The maximum atomic E-state index is 12.3. The van der Waals surface area contributed by atoms with E-state index in [0.29, 0.717) is 16.5 Å². The molecule has 0 aliphatic carbocycles. The highest BCUT2D eigenvalue weighted by Crippen LogP contribution is 2.30. The van der Waals surface area contributed by atoms with Gasteiger partial charge in [0.15, 0.2) is 6.61 Å². The second-order valence-electron chi connectivity index (χ2n) is 5.19. The van der Waals surface area contributed by atoms with Crippen LogP contribution in [0.5, 0.6) is 5.75 Å². The second kappa shape index (κ2) is 6.03. The van der Waals surface area contributed by atoms with Gasteiger partial charge in [-0.05, 0) is 41.6 Å². The molecule has 0 spiro atoms. The van der Waals surface area contributed by atoms with E-state index >= 15 is 0 Å². The number of H-pyrrole nitrogens is 1. The van der Waals surface area contributed by atoms with Gasteiger partial charge in [0.2, 0.25) is 0 Å². The van der Waals surface area contributed by atoms with E-state index in [9.17, 15) is 18.0 Å². The van der Waals surface area contributed by atoms with Gasteiger partial charge < -0.3 is 9.72 Å². The fourth-order valence-electron chi connectivity index (χ4n) is 2.44. The van der Waals surface area contributed by atoms with Crippen molar-refractivity contribution in [1.29, 1.82) is 0 Å². The molecule has 0 bridgehead atoms. The number of benzene rings is 2. The number of hydrogen-bond donors (Lipinski definition) is 1. The Morgan fingerprint density at radius 1 is 1.12 bits per heavy atom. The summed E-state index contributed by atoms with van der Waals surface area (Å²) in [5.74, 6) is -0.105. The molecule has 3 nitrogen and oxygen atoms in total. The van der Waals surface area contributed by atoms with Crippen LogP contribution in [0.4, 0.5) is 13.2 Å². The molecule has 0 aliphatic rings. The zero-order valence-electron chi connectivity index (χ0n) is 15.3. The van der Waals surface area contributed by atoms with Crippen LogP contribution < -0.4 is 10.3 Å². The minimum atomic E-state index is -4.50. The molecule has 6 heteroatoms. The lowest BCUT2D eigenvalue weighted by Gasteiger charge is -2.12. The fraction of sp³-hybridized carbons (Fsp3) is 0.167. The molecular weight excluding hydrogens is 319 g/mol. The Morgan fingerprint density at radius 3 is 2.67 bits per heavy atom. The van der Waals surface area contributed by atoms with E-state index in [1.165, 1.54) is 30.5 Å². The smallest absolute Gasteiger partial charge is 0.422 e. The molecule has 2 aromatic carbocycles. The van der Waals surface area contributed by atoms with Gasteiger partial charge in [-0.15, -0.1) is 0 Å². The van der Waals surface area contributed by atoms with Gasteiger partial charge in [-0.25, -0.2) is 0 Å². The Balaban J connectivity index is 2.15. The normalized spacial score (nSPS) is 14.0. The highest BCUT2D eigenvalue weighted by molar-refractivity contribution is 5.96. The van der Waals surface area contributed by atoms with E-state index in [2.05, 4.69) is 9.72 Å². The molecule has 0 unspecified atom stereocenters. The van der Waals surface area contributed by atoms with Gasteiger partial charge in [0.1, 0.15) is 5.75 Å². The van der Waals surface area contributed by atoms with E-state index in [1.807, 2.05) is 0 Å². The van der Waals surface area contributed by atoms with Crippen LogP contribution in [0.1, 0.15) is 9.68 Å². The SMILES string of the molecule is [2H]C([2H])([2H])c1ccccc1-c1c[nH]c(=O)c2cc(OCC(F)(F)F)ccc12. The van der Waals surface area contributed by atoms with Crippen molar-refractivity contribution in [3.8, 4) is 16.9 Å². The summed E-state index contributed by atoms with van der Waals surface area (Å²) in [5.41, 5.74) is 0.453. The molecule has 1 aromatic heterocycles. The predicted octanol–water partition coefficient (Wildman–Crippen LogP) is 4.44. The summed E-state index contributed by atoms with van der Waals surface area (Å²) in [5, 5.41) is 0.516. The number of aromatic nitrogens is 1. The monoisotopic (exact) mass is 336 g/mol. The molecule has 0 aliphatic heterocycles. The Kier molecular flexibility index (Phi) is 3.18. The Morgan fingerprint density at radius 2 is 1.92 bits per heavy atom. The summed E-state index contributed by atoms with van der Waals surface area (Å²) < 4.78 is 64.8. The first-order valence-electron chi connectivity index (χ1n) is 8.51. The molecule has 0 saturated carbocycles. The number of alkyl halides is 3. The third kappa shape index (κ3) is 3.27. The summed E-state index contributed by atoms with van der Waals surface area (Å²) in [4.78, 5) is 14.7. The van der Waals surface area contributed by atoms with Gasteiger partial charge in [0.05, 0.1) is 5.39 Å². The van der Waals surface area contributed by atoms with Crippen molar-refractivity contribution in [3.63, 3.8) is 0 Å². The van der Waals surface area contributed by atoms with Crippen LogP contribution in [0.15, 0.2) is 53.5 Å².